The van der Waals surface area contributed by atoms with Crippen LogP contribution >= 0.6 is 0 Å². The zero-order chi connectivity index (χ0) is 9.26. The number of benzene rings is 1. The predicted octanol–water partition coefficient (Wildman–Crippen LogP) is 1.94. The lowest BCUT2D eigenvalue weighted by molar-refractivity contribution is 0.476. The van der Waals surface area contributed by atoms with Crippen LogP contribution in [0.1, 0.15) is 5.56 Å². The van der Waals surface area contributed by atoms with E-state index in [0.717, 1.165) is 16.5 Å². The van der Waals surface area contributed by atoms with Crippen molar-refractivity contribution in [2.75, 3.05) is 0 Å². The molecule has 2 aromatic rings. The lowest BCUT2D eigenvalue weighted by Crippen LogP contribution is -1.76. The number of nitrogens with zero attached hydrogens (tertiary/aromatic N) is 1. The molecular weight excluding hydrogens is 164 g/mol. The Kier molecular flexibility index (Phi) is 1.67. The second kappa shape index (κ2) is 2.83. The van der Waals surface area contributed by atoms with E-state index < -0.39 is 0 Å². The molecule has 0 aliphatic carbocycles. The molecule has 0 aliphatic heterocycles. The molecule has 0 atom stereocenters. The van der Waals surface area contributed by atoms with E-state index in [-0.39, 0.29) is 5.75 Å². The van der Waals surface area contributed by atoms with Crippen molar-refractivity contribution in [2.45, 2.75) is 6.42 Å². The van der Waals surface area contributed by atoms with Crippen molar-refractivity contribution in [2.24, 2.45) is 0 Å². The van der Waals surface area contributed by atoms with E-state index in [4.69, 9.17) is 5.26 Å². The minimum atomic E-state index is 0.228. The SMILES string of the molecule is N#CCc1c[nH]c2ccc(O)cc12. The number of H-pyrrole nitrogens is 1. The predicted molar refractivity (Wildman–Crippen MR) is 49.3 cm³/mol. The molecule has 1 aromatic heterocycles. The summed E-state index contributed by atoms with van der Waals surface area (Å²) in [6, 6.07) is 7.16. The molecule has 0 radical (unpaired) electrons. The van der Waals surface area contributed by atoms with Crippen molar-refractivity contribution >= 4 is 10.9 Å². The van der Waals surface area contributed by atoms with Crippen molar-refractivity contribution in [3.8, 4) is 11.8 Å². The zero-order valence-electron chi connectivity index (χ0n) is 6.91. The lowest BCUT2D eigenvalue weighted by Gasteiger charge is -1.93. The van der Waals surface area contributed by atoms with Crippen LogP contribution in [0.4, 0.5) is 0 Å². The van der Waals surface area contributed by atoms with E-state index in [1.54, 1.807) is 24.4 Å². The summed E-state index contributed by atoms with van der Waals surface area (Å²) in [5, 5.41) is 18.7. The molecule has 0 saturated heterocycles. The highest BCUT2D eigenvalue weighted by molar-refractivity contribution is 5.84. The van der Waals surface area contributed by atoms with Gasteiger partial charge in [-0.2, -0.15) is 5.26 Å². The number of aromatic hydroxyl groups is 1. The highest BCUT2D eigenvalue weighted by atomic mass is 16.3. The summed E-state index contributed by atoms with van der Waals surface area (Å²) in [6.07, 6.45) is 2.16. The smallest absolute Gasteiger partial charge is 0.116 e. The Morgan fingerprint density at radius 1 is 1.46 bits per heavy atom. The number of phenols is 1. The number of nitrogens with one attached hydrogen (secondary N) is 1. The Balaban J connectivity index is 2.66. The first-order valence-corrected chi connectivity index (χ1v) is 3.97. The molecular formula is C10H8N2O. The van der Waals surface area contributed by atoms with E-state index in [1.165, 1.54) is 0 Å². The van der Waals surface area contributed by atoms with Gasteiger partial charge in [-0.15, -0.1) is 0 Å². The van der Waals surface area contributed by atoms with Crippen molar-refractivity contribution in [3.05, 3.63) is 30.0 Å². The summed E-state index contributed by atoms with van der Waals surface area (Å²) in [5.41, 5.74) is 1.87. The van der Waals surface area contributed by atoms with E-state index in [1.807, 2.05) is 0 Å². The van der Waals surface area contributed by atoms with Gasteiger partial charge in [-0.1, -0.05) is 0 Å². The first-order chi connectivity index (χ1) is 6.31. The molecule has 0 fully saturated rings. The summed E-state index contributed by atoms with van der Waals surface area (Å²) in [6.45, 7) is 0. The molecule has 2 rings (SSSR count). The Labute approximate surface area is 75.2 Å². The zero-order valence-corrected chi connectivity index (χ0v) is 6.91. The molecule has 13 heavy (non-hydrogen) atoms. The summed E-state index contributed by atoms with van der Waals surface area (Å²) in [4.78, 5) is 3.04. The van der Waals surface area contributed by atoms with Gasteiger partial charge < -0.3 is 10.1 Å². The lowest BCUT2D eigenvalue weighted by atomic mass is 10.1. The summed E-state index contributed by atoms with van der Waals surface area (Å²) in [7, 11) is 0. The van der Waals surface area contributed by atoms with Gasteiger partial charge in [-0.25, -0.2) is 0 Å². The molecule has 1 aromatic carbocycles. The van der Waals surface area contributed by atoms with E-state index in [2.05, 4.69) is 11.1 Å². The fourth-order valence-electron chi connectivity index (χ4n) is 1.40. The van der Waals surface area contributed by atoms with Gasteiger partial charge in [0.05, 0.1) is 12.5 Å². The maximum absolute atomic E-state index is 9.24. The highest BCUT2D eigenvalue weighted by Crippen LogP contribution is 2.22. The number of hydrogen-bond acceptors (Lipinski definition) is 2. The first-order valence-electron chi connectivity index (χ1n) is 3.97. The first kappa shape index (κ1) is 7.69. The van der Waals surface area contributed by atoms with Crippen molar-refractivity contribution in [1.29, 1.82) is 5.26 Å². The van der Waals surface area contributed by atoms with E-state index in [9.17, 15) is 5.11 Å². The average molecular weight is 172 g/mol. The minimum absolute atomic E-state index is 0.228. The summed E-state index contributed by atoms with van der Waals surface area (Å²) >= 11 is 0. The van der Waals surface area contributed by atoms with Gasteiger partial charge in [0, 0.05) is 17.1 Å². The third kappa shape index (κ3) is 1.23. The van der Waals surface area contributed by atoms with E-state index >= 15 is 0 Å². The third-order valence-corrected chi connectivity index (χ3v) is 2.02. The van der Waals surface area contributed by atoms with Gasteiger partial charge in [-0.3, -0.25) is 0 Å². The second-order valence-electron chi connectivity index (χ2n) is 2.88. The second-order valence-corrected chi connectivity index (χ2v) is 2.88. The van der Waals surface area contributed by atoms with Crippen LogP contribution in [0, 0.1) is 11.3 Å². The number of hydrogen-bond donors (Lipinski definition) is 2. The van der Waals surface area contributed by atoms with Crippen LogP contribution in [0.2, 0.25) is 0 Å². The molecule has 0 aliphatic rings. The van der Waals surface area contributed by atoms with Gasteiger partial charge in [0.1, 0.15) is 5.75 Å². The average Bonchev–Trinajstić information content (AvgIpc) is 2.49. The van der Waals surface area contributed by atoms with Crippen LogP contribution in [0.5, 0.6) is 5.75 Å². The number of aromatic nitrogens is 1. The third-order valence-electron chi connectivity index (χ3n) is 2.02. The Morgan fingerprint density at radius 2 is 2.31 bits per heavy atom. The van der Waals surface area contributed by atoms with E-state index in [0.29, 0.717) is 6.42 Å². The van der Waals surface area contributed by atoms with Gasteiger partial charge in [0.2, 0.25) is 0 Å². The quantitative estimate of drug-likeness (QED) is 0.690. The van der Waals surface area contributed by atoms with Crippen molar-refractivity contribution < 1.29 is 5.11 Å². The molecule has 0 saturated carbocycles. The molecule has 3 heteroatoms. The molecule has 3 nitrogen and oxygen atoms in total. The fourth-order valence-corrected chi connectivity index (χ4v) is 1.40. The minimum Gasteiger partial charge on any atom is -0.508 e. The normalized spacial score (nSPS) is 10.1. The Bertz CT molecular complexity index is 479. The fraction of sp³-hybridized carbons (Fsp3) is 0.100. The van der Waals surface area contributed by atoms with Crippen LogP contribution in [0.3, 0.4) is 0 Å². The van der Waals surface area contributed by atoms with Crippen LogP contribution < -0.4 is 0 Å². The van der Waals surface area contributed by atoms with Crippen molar-refractivity contribution in [1.82, 2.24) is 4.98 Å². The van der Waals surface area contributed by atoms with Crippen LogP contribution in [0.15, 0.2) is 24.4 Å². The maximum atomic E-state index is 9.24. The number of aromatic amines is 1. The van der Waals surface area contributed by atoms with Crippen LogP contribution in [0.25, 0.3) is 10.9 Å². The highest BCUT2D eigenvalue weighted by Gasteiger charge is 2.02. The van der Waals surface area contributed by atoms with Crippen molar-refractivity contribution in [3.63, 3.8) is 0 Å². The van der Waals surface area contributed by atoms with Crippen LogP contribution in [-0.2, 0) is 6.42 Å². The molecule has 0 amide bonds. The molecule has 0 unspecified atom stereocenters. The van der Waals surface area contributed by atoms with Gasteiger partial charge in [-0.05, 0) is 23.8 Å². The van der Waals surface area contributed by atoms with Gasteiger partial charge >= 0.3 is 0 Å². The number of phenolic OH excluding ortho intramolecular Hbond substituents is 1. The summed E-state index contributed by atoms with van der Waals surface area (Å²) in [5.74, 6) is 0.228. The largest absolute Gasteiger partial charge is 0.508 e. The molecule has 2 N–H and O–H groups in total. The Hall–Kier alpha value is -1.95. The number of fused-ring (bicyclic) bond motifs is 1. The molecule has 64 valence electrons. The number of rotatable bonds is 1. The maximum Gasteiger partial charge on any atom is 0.116 e. The molecule has 0 spiro atoms. The molecule has 1 heterocycles. The monoisotopic (exact) mass is 172 g/mol. The molecule has 0 bridgehead atoms. The standard InChI is InChI=1S/C10H8N2O/c11-4-3-7-6-12-10-2-1-8(13)5-9(7)10/h1-2,5-6,12-13H,3H2. The Morgan fingerprint density at radius 3 is 3.08 bits per heavy atom. The summed E-state index contributed by atoms with van der Waals surface area (Å²) < 4.78 is 0. The van der Waals surface area contributed by atoms with Gasteiger partial charge in [0.25, 0.3) is 0 Å². The van der Waals surface area contributed by atoms with Crippen LogP contribution in [-0.4, -0.2) is 10.1 Å². The number of nitriles is 1. The van der Waals surface area contributed by atoms with Gasteiger partial charge in [0.15, 0.2) is 0 Å². The topological polar surface area (TPSA) is 59.8 Å².